The van der Waals surface area contributed by atoms with Gasteiger partial charge in [0.2, 0.25) is 5.13 Å². The number of ether oxygens (including phenoxy) is 4. The molecule has 7 rings (SSSR count). The van der Waals surface area contributed by atoms with Gasteiger partial charge in [-0.05, 0) is 53.9 Å². The zero-order valence-corrected chi connectivity index (χ0v) is 28.0. The van der Waals surface area contributed by atoms with E-state index >= 15 is 0 Å². The van der Waals surface area contributed by atoms with Crippen molar-refractivity contribution in [2.24, 2.45) is 0 Å². The van der Waals surface area contributed by atoms with Gasteiger partial charge >= 0.3 is 5.91 Å². The molecule has 0 aliphatic carbocycles. The summed E-state index contributed by atoms with van der Waals surface area (Å²) in [6.45, 7) is 3.28. The number of anilines is 1. The predicted octanol–water partition coefficient (Wildman–Crippen LogP) is 7.21. The second-order valence-electron chi connectivity index (χ2n) is 11.1. The van der Waals surface area contributed by atoms with Gasteiger partial charge in [0.1, 0.15) is 25.6 Å². The van der Waals surface area contributed by atoms with Gasteiger partial charge in [-0.25, -0.2) is 0 Å². The van der Waals surface area contributed by atoms with Crippen molar-refractivity contribution in [3.63, 3.8) is 0 Å². The third-order valence-corrected chi connectivity index (χ3v) is 10.0. The van der Waals surface area contributed by atoms with Crippen molar-refractivity contribution < 1.29 is 33.6 Å². The van der Waals surface area contributed by atoms with E-state index in [0.29, 0.717) is 70.6 Å². The molecule has 1 saturated heterocycles. The number of ketones is 1. The monoisotopic (exact) mass is 693 g/mol. The summed E-state index contributed by atoms with van der Waals surface area (Å²) in [6.07, 6.45) is 0. The Morgan fingerprint density at radius 3 is 2.37 bits per heavy atom. The number of hydrogen-bond acceptors (Lipinski definition) is 11. The topological polar surface area (TPSA) is 120 Å². The molecule has 0 saturated carbocycles. The summed E-state index contributed by atoms with van der Waals surface area (Å²) in [5, 5.41) is 20.6. The summed E-state index contributed by atoms with van der Waals surface area (Å²) in [5.41, 5.74) is 2.82. The Morgan fingerprint density at radius 1 is 0.878 bits per heavy atom. The Kier molecular flexibility index (Phi) is 9.49. The number of amides is 1. The van der Waals surface area contributed by atoms with Crippen LogP contribution in [-0.4, -0.2) is 46.8 Å². The first-order chi connectivity index (χ1) is 24.0. The number of thioether (sulfide) groups is 1. The number of Topliss-reactive ketones (excluding diaryl/α,β-unsaturated/α-hetero) is 1. The molecule has 2 aliphatic rings. The lowest BCUT2D eigenvalue weighted by molar-refractivity contribution is -0.132. The van der Waals surface area contributed by atoms with Crippen molar-refractivity contribution in [3.05, 3.63) is 125 Å². The van der Waals surface area contributed by atoms with Crippen molar-refractivity contribution in [1.29, 1.82) is 0 Å². The fraction of sp³-hybridized carbons (Fsp3) is 0.189. The summed E-state index contributed by atoms with van der Waals surface area (Å²) in [4.78, 5) is 29.0. The van der Waals surface area contributed by atoms with Crippen LogP contribution in [0.5, 0.6) is 23.0 Å². The van der Waals surface area contributed by atoms with Gasteiger partial charge in [0.15, 0.2) is 27.3 Å². The summed E-state index contributed by atoms with van der Waals surface area (Å²) in [5.74, 6) is 0.504. The lowest BCUT2D eigenvalue weighted by Gasteiger charge is -2.24. The third-order valence-electron chi connectivity index (χ3n) is 7.89. The standard InChI is InChI=1S/C37H31N3O7S2/c1-2-44-29-19-25(13-15-28(29)47-21-23-9-5-3-6-10-23)32-31(33(41)26-14-16-27-30(20-26)46-18-17-45-27)34(42)35(43)40(32)36-38-39-37(49-36)48-22-24-11-7-4-8-12-24/h3-16,19-20,32,41H,2,17-18,21-22H2,1H3/t32-/m0/s1. The first kappa shape index (κ1) is 32.2. The van der Waals surface area contributed by atoms with Gasteiger partial charge in [0.05, 0.1) is 18.2 Å². The molecule has 1 amide bonds. The summed E-state index contributed by atoms with van der Waals surface area (Å²) in [7, 11) is 0. The molecule has 0 unspecified atom stereocenters. The maximum atomic E-state index is 13.9. The SMILES string of the molecule is CCOc1cc([C@H]2C(=C(O)c3ccc4c(c3)OCCO4)C(=O)C(=O)N2c2nnc(SCc3ccccc3)s2)ccc1OCc1ccccc1. The predicted molar refractivity (Wildman–Crippen MR) is 187 cm³/mol. The number of carbonyl (C=O) groups excluding carboxylic acids is 2. The van der Waals surface area contributed by atoms with Crippen LogP contribution in [0.3, 0.4) is 0 Å². The molecule has 1 aromatic heterocycles. The molecule has 10 nitrogen and oxygen atoms in total. The normalized spacial score (nSPS) is 16.5. The van der Waals surface area contributed by atoms with E-state index in [1.54, 1.807) is 36.4 Å². The number of nitrogens with zero attached hydrogens (tertiary/aromatic N) is 3. The molecule has 5 aromatic rings. The molecule has 3 heterocycles. The van der Waals surface area contributed by atoms with Crippen molar-refractivity contribution in [1.82, 2.24) is 10.2 Å². The maximum Gasteiger partial charge on any atom is 0.301 e. The molecule has 4 aromatic carbocycles. The van der Waals surface area contributed by atoms with Gasteiger partial charge in [-0.3, -0.25) is 14.5 Å². The second-order valence-corrected chi connectivity index (χ2v) is 13.2. The van der Waals surface area contributed by atoms with Gasteiger partial charge in [-0.2, -0.15) is 0 Å². The highest BCUT2D eigenvalue weighted by molar-refractivity contribution is 8.00. The van der Waals surface area contributed by atoms with Crippen LogP contribution in [0.25, 0.3) is 5.76 Å². The molecule has 248 valence electrons. The number of aromatic nitrogens is 2. The van der Waals surface area contributed by atoms with Gasteiger partial charge in [0, 0.05) is 11.3 Å². The summed E-state index contributed by atoms with van der Waals surface area (Å²) < 4.78 is 24.1. The Balaban J connectivity index is 1.28. The quantitative estimate of drug-likeness (QED) is 0.0500. The van der Waals surface area contributed by atoms with Crippen molar-refractivity contribution >= 4 is 45.7 Å². The minimum Gasteiger partial charge on any atom is -0.507 e. The van der Waals surface area contributed by atoms with E-state index in [9.17, 15) is 14.7 Å². The van der Waals surface area contributed by atoms with Gasteiger partial charge < -0.3 is 24.1 Å². The summed E-state index contributed by atoms with van der Waals surface area (Å²) >= 11 is 2.68. The lowest BCUT2D eigenvalue weighted by Crippen LogP contribution is -2.29. The van der Waals surface area contributed by atoms with Crippen LogP contribution < -0.4 is 23.8 Å². The average Bonchev–Trinajstić information content (AvgIpc) is 3.72. The average molecular weight is 694 g/mol. The van der Waals surface area contributed by atoms with Crippen LogP contribution in [-0.2, 0) is 21.9 Å². The van der Waals surface area contributed by atoms with Gasteiger partial charge in [-0.15, -0.1) is 10.2 Å². The van der Waals surface area contributed by atoms with Crippen molar-refractivity contribution in [3.8, 4) is 23.0 Å². The van der Waals surface area contributed by atoms with Crippen LogP contribution in [0, 0.1) is 0 Å². The molecule has 1 fully saturated rings. The Morgan fingerprint density at radius 2 is 1.61 bits per heavy atom. The van der Waals surface area contributed by atoms with Crippen molar-refractivity contribution in [2.75, 3.05) is 24.7 Å². The molecule has 1 atom stereocenters. The van der Waals surface area contributed by atoms with Crippen LogP contribution >= 0.6 is 23.1 Å². The Hall–Kier alpha value is -5.33. The minimum absolute atomic E-state index is 0.101. The van der Waals surface area contributed by atoms with E-state index in [0.717, 1.165) is 11.1 Å². The highest BCUT2D eigenvalue weighted by Gasteiger charge is 2.48. The van der Waals surface area contributed by atoms with E-state index in [4.69, 9.17) is 18.9 Å². The minimum atomic E-state index is -1.05. The Bertz CT molecular complexity index is 2020. The highest BCUT2D eigenvalue weighted by atomic mass is 32.2. The largest absolute Gasteiger partial charge is 0.507 e. The first-order valence-electron chi connectivity index (χ1n) is 15.6. The molecule has 12 heteroatoms. The number of fused-ring (bicyclic) bond motifs is 1. The fourth-order valence-electron chi connectivity index (χ4n) is 5.59. The molecule has 49 heavy (non-hydrogen) atoms. The van der Waals surface area contributed by atoms with E-state index in [1.165, 1.54) is 28.0 Å². The number of carbonyl (C=O) groups is 2. The summed E-state index contributed by atoms with van der Waals surface area (Å²) in [6, 6.07) is 28.8. The molecular weight excluding hydrogens is 663 g/mol. The lowest BCUT2D eigenvalue weighted by atomic mass is 9.95. The molecule has 0 radical (unpaired) electrons. The molecule has 0 spiro atoms. The third kappa shape index (κ3) is 6.83. The van der Waals surface area contributed by atoms with Crippen LogP contribution in [0.1, 0.15) is 35.2 Å². The van der Waals surface area contributed by atoms with Crippen LogP contribution in [0.15, 0.2) is 107 Å². The zero-order valence-electron chi connectivity index (χ0n) is 26.4. The van der Waals surface area contributed by atoms with Crippen molar-refractivity contribution in [2.45, 2.75) is 29.7 Å². The maximum absolute atomic E-state index is 13.9. The second kappa shape index (κ2) is 14.4. The first-order valence-corrected chi connectivity index (χ1v) is 17.4. The number of rotatable bonds is 11. The van der Waals surface area contributed by atoms with E-state index in [-0.39, 0.29) is 16.5 Å². The fourth-order valence-corrected chi connectivity index (χ4v) is 7.41. The Labute approximate surface area is 290 Å². The molecule has 0 bridgehead atoms. The molecule has 1 N–H and O–H groups in total. The number of benzene rings is 4. The highest BCUT2D eigenvalue weighted by Crippen LogP contribution is 2.46. The van der Waals surface area contributed by atoms with Crippen LogP contribution in [0.4, 0.5) is 5.13 Å². The zero-order chi connectivity index (χ0) is 33.7. The number of aliphatic hydroxyl groups is 1. The van der Waals surface area contributed by atoms with Gasteiger partial charge in [-0.1, -0.05) is 89.8 Å². The smallest absolute Gasteiger partial charge is 0.301 e. The van der Waals surface area contributed by atoms with E-state index in [2.05, 4.69) is 10.2 Å². The number of hydrogen-bond donors (Lipinski definition) is 1. The van der Waals surface area contributed by atoms with Gasteiger partial charge in [0.25, 0.3) is 5.78 Å². The number of aliphatic hydroxyl groups excluding tert-OH is 1. The van der Waals surface area contributed by atoms with E-state index in [1.807, 2.05) is 67.6 Å². The molecular formula is C37H31N3O7S2. The van der Waals surface area contributed by atoms with Crippen LogP contribution in [0.2, 0.25) is 0 Å². The molecule has 2 aliphatic heterocycles. The van der Waals surface area contributed by atoms with E-state index < -0.39 is 17.7 Å².